The van der Waals surface area contributed by atoms with Crippen LogP contribution in [0.1, 0.15) is 96.8 Å². The van der Waals surface area contributed by atoms with Crippen molar-refractivity contribution < 1.29 is 14.7 Å². The van der Waals surface area contributed by atoms with Crippen molar-refractivity contribution in [3.05, 3.63) is 0 Å². The number of amides is 1. The highest BCUT2D eigenvalue weighted by Crippen LogP contribution is 2.11. The predicted molar refractivity (Wildman–Crippen MR) is 98.7 cm³/mol. The molecule has 0 aromatic heterocycles. The average Bonchev–Trinajstić information content (AvgIpc) is 2.53. The Morgan fingerprint density at radius 3 is 1.83 bits per heavy atom. The quantitative estimate of drug-likeness (QED) is 0.265. The average molecular weight is 341 g/mol. The molecule has 0 aromatic rings. The van der Waals surface area contributed by atoms with Crippen molar-refractivity contribution in [1.29, 1.82) is 5.41 Å². The van der Waals surface area contributed by atoms with Crippen LogP contribution in [0, 0.1) is 5.41 Å². The lowest BCUT2D eigenvalue weighted by molar-refractivity contribution is -0.136. The fourth-order valence-corrected chi connectivity index (χ4v) is 2.62. The molecule has 0 radical (unpaired) electrons. The topological polar surface area (TPSA) is 90.3 Å². The second-order valence-electron chi connectivity index (χ2n) is 6.53. The van der Waals surface area contributed by atoms with E-state index in [0.717, 1.165) is 44.2 Å². The third-order valence-corrected chi connectivity index (χ3v) is 4.13. The van der Waals surface area contributed by atoms with E-state index < -0.39 is 5.97 Å². The molecular formula is C19H36N2O3. The molecule has 24 heavy (non-hydrogen) atoms. The van der Waals surface area contributed by atoms with Crippen LogP contribution in [0.15, 0.2) is 0 Å². The number of nitrogens with one attached hydrogen (secondary N) is 2. The minimum atomic E-state index is -0.885. The molecule has 0 rings (SSSR count). The van der Waals surface area contributed by atoms with E-state index in [0.29, 0.717) is 6.42 Å². The van der Waals surface area contributed by atoms with Gasteiger partial charge in [-0.15, -0.1) is 0 Å². The number of rotatable bonds is 17. The van der Waals surface area contributed by atoms with Gasteiger partial charge in [0.25, 0.3) is 0 Å². The number of hydrogen-bond donors (Lipinski definition) is 3. The maximum Gasteiger partial charge on any atom is 0.305 e. The van der Waals surface area contributed by atoms with E-state index in [1.165, 1.54) is 38.5 Å². The van der Waals surface area contributed by atoms with Gasteiger partial charge in [-0.2, -0.15) is 0 Å². The molecule has 5 nitrogen and oxygen atoms in total. The van der Waals surface area contributed by atoms with Crippen molar-refractivity contribution in [3.63, 3.8) is 0 Å². The third kappa shape index (κ3) is 17.0. The number of carbonyl (C=O) groups is 2. The summed E-state index contributed by atoms with van der Waals surface area (Å²) in [5, 5.41) is 19.0. The summed E-state index contributed by atoms with van der Waals surface area (Å²) in [6.45, 7) is 2.43. The first-order chi connectivity index (χ1) is 11.6. The molecule has 0 saturated heterocycles. The molecule has 0 heterocycles. The van der Waals surface area contributed by atoms with Crippen molar-refractivity contribution in [3.8, 4) is 0 Å². The molecule has 0 atom stereocenters. The Hall–Kier alpha value is -1.39. The second kappa shape index (κ2) is 16.5. The summed E-state index contributed by atoms with van der Waals surface area (Å²) in [6, 6.07) is 0. The Morgan fingerprint density at radius 2 is 1.29 bits per heavy atom. The third-order valence-electron chi connectivity index (χ3n) is 4.13. The van der Waals surface area contributed by atoms with Gasteiger partial charge in [-0.3, -0.25) is 9.59 Å². The van der Waals surface area contributed by atoms with Gasteiger partial charge in [0.15, 0.2) is 0 Å². The molecule has 1 amide bonds. The number of aliphatic carboxylic acids is 1. The predicted octanol–water partition coefficient (Wildman–Crippen LogP) is 4.69. The van der Waals surface area contributed by atoms with Crippen LogP contribution in [0.25, 0.3) is 0 Å². The zero-order valence-corrected chi connectivity index (χ0v) is 15.4. The van der Waals surface area contributed by atoms with Crippen LogP contribution >= 0.6 is 0 Å². The Morgan fingerprint density at radius 1 is 0.792 bits per heavy atom. The molecule has 5 heteroatoms. The Bertz CT molecular complexity index is 357. The van der Waals surface area contributed by atoms with E-state index >= 15 is 0 Å². The number of carbonyl (C=O) groups excluding carboxylic acids is 1. The van der Waals surface area contributed by atoms with Gasteiger partial charge in [0, 0.05) is 18.7 Å². The number of carboxylic acid groups (broad SMARTS) is 1. The summed E-state index contributed by atoms with van der Waals surface area (Å²) in [5.41, 5.74) is 0.907. The van der Waals surface area contributed by atoms with Gasteiger partial charge >= 0.3 is 5.97 Å². The minimum Gasteiger partial charge on any atom is -0.481 e. The number of carboxylic acids is 1. The Balaban J connectivity index is 3.28. The zero-order chi connectivity index (χ0) is 18.0. The maximum atomic E-state index is 11.4. The molecule has 0 bridgehead atoms. The molecule has 0 spiro atoms. The molecule has 0 saturated carbocycles. The first-order valence-corrected chi connectivity index (χ1v) is 9.61. The van der Waals surface area contributed by atoms with Gasteiger partial charge in [-0.25, -0.2) is 0 Å². The van der Waals surface area contributed by atoms with Crippen LogP contribution < -0.4 is 5.32 Å². The monoisotopic (exact) mass is 340 g/mol. The number of hydrogen-bond acceptors (Lipinski definition) is 3. The highest BCUT2D eigenvalue weighted by Gasteiger charge is 2.02. The second-order valence-corrected chi connectivity index (χ2v) is 6.53. The standard InChI is InChI=1S/C19H36N2O3/c1-2-3-4-9-12-17(20)13-10-7-5-6-8-11-14-18(22)21-16-15-19(23)24/h20H,2-16H2,1H3,(H,21,22)(H,23,24). The summed E-state index contributed by atoms with van der Waals surface area (Å²) in [6.07, 6.45) is 13.8. The largest absolute Gasteiger partial charge is 0.481 e. The molecule has 0 aliphatic rings. The van der Waals surface area contributed by atoms with E-state index in [9.17, 15) is 9.59 Å². The lowest BCUT2D eigenvalue weighted by Crippen LogP contribution is -2.25. The van der Waals surface area contributed by atoms with E-state index in [-0.39, 0.29) is 18.9 Å². The number of unbranched alkanes of at least 4 members (excludes halogenated alkanes) is 8. The van der Waals surface area contributed by atoms with Gasteiger partial charge in [0.05, 0.1) is 6.42 Å². The van der Waals surface area contributed by atoms with Crippen molar-refractivity contribution in [2.24, 2.45) is 0 Å². The van der Waals surface area contributed by atoms with Gasteiger partial charge in [-0.1, -0.05) is 51.9 Å². The van der Waals surface area contributed by atoms with Crippen LogP contribution in [-0.4, -0.2) is 29.2 Å². The van der Waals surface area contributed by atoms with Crippen LogP contribution in [0.4, 0.5) is 0 Å². The van der Waals surface area contributed by atoms with E-state index in [4.69, 9.17) is 10.5 Å². The first kappa shape index (κ1) is 22.6. The van der Waals surface area contributed by atoms with E-state index in [1.807, 2.05) is 0 Å². The molecule has 0 aromatic carbocycles. The molecular weight excluding hydrogens is 304 g/mol. The SMILES string of the molecule is CCCCCCC(=N)CCCCCCCCC(=O)NCCC(=O)O. The summed E-state index contributed by atoms with van der Waals surface area (Å²) in [5.74, 6) is -0.933. The van der Waals surface area contributed by atoms with Crippen LogP contribution in [0.2, 0.25) is 0 Å². The summed E-state index contributed by atoms with van der Waals surface area (Å²) in [7, 11) is 0. The zero-order valence-electron chi connectivity index (χ0n) is 15.4. The van der Waals surface area contributed by atoms with E-state index in [2.05, 4.69) is 12.2 Å². The fraction of sp³-hybridized carbons (Fsp3) is 0.842. The molecule has 0 fully saturated rings. The van der Waals surface area contributed by atoms with Crippen molar-refractivity contribution in [2.75, 3.05) is 6.54 Å². The smallest absolute Gasteiger partial charge is 0.305 e. The van der Waals surface area contributed by atoms with Crippen LogP contribution in [0.5, 0.6) is 0 Å². The summed E-state index contributed by atoms with van der Waals surface area (Å²) in [4.78, 5) is 21.8. The lowest BCUT2D eigenvalue weighted by Gasteiger charge is -2.05. The lowest BCUT2D eigenvalue weighted by atomic mass is 10.0. The van der Waals surface area contributed by atoms with Crippen molar-refractivity contribution >= 4 is 17.6 Å². The highest BCUT2D eigenvalue weighted by molar-refractivity contribution is 5.81. The molecule has 3 N–H and O–H groups in total. The molecule has 140 valence electrons. The van der Waals surface area contributed by atoms with Gasteiger partial charge in [0.2, 0.25) is 5.91 Å². The highest BCUT2D eigenvalue weighted by atomic mass is 16.4. The maximum absolute atomic E-state index is 11.4. The summed E-state index contributed by atoms with van der Waals surface area (Å²) < 4.78 is 0. The van der Waals surface area contributed by atoms with Crippen molar-refractivity contribution in [1.82, 2.24) is 5.32 Å². The summed E-state index contributed by atoms with van der Waals surface area (Å²) >= 11 is 0. The molecule has 0 aliphatic carbocycles. The van der Waals surface area contributed by atoms with Gasteiger partial charge < -0.3 is 15.8 Å². The first-order valence-electron chi connectivity index (χ1n) is 9.61. The van der Waals surface area contributed by atoms with Crippen LogP contribution in [0.3, 0.4) is 0 Å². The van der Waals surface area contributed by atoms with Crippen molar-refractivity contribution in [2.45, 2.75) is 96.8 Å². The Kier molecular flexibility index (Phi) is 15.5. The molecule has 0 unspecified atom stereocenters. The van der Waals surface area contributed by atoms with E-state index in [1.54, 1.807) is 0 Å². The van der Waals surface area contributed by atoms with Crippen LogP contribution in [-0.2, 0) is 9.59 Å². The molecule has 0 aliphatic heterocycles. The van der Waals surface area contributed by atoms with Gasteiger partial charge in [-0.05, 0) is 32.1 Å². The minimum absolute atomic E-state index is 0.0145. The fourth-order valence-electron chi connectivity index (χ4n) is 2.62. The normalized spacial score (nSPS) is 10.5. The Labute approximate surface area is 147 Å². The van der Waals surface area contributed by atoms with Gasteiger partial charge in [0.1, 0.15) is 0 Å².